The van der Waals surface area contributed by atoms with Gasteiger partial charge in [-0.05, 0) is 24.3 Å². The van der Waals surface area contributed by atoms with Crippen LogP contribution in [0.3, 0.4) is 0 Å². The van der Waals surface area contributed by atoms with Crippen LogP contribution in [0.15, 0.2) is 42.5 Å². The zero-order valence-electron chi connectivity index (χ0n) is 12.3. The first kappa shape index (κ1) is 17.6. The molecule has 0 aliphatic carbocycles. The molecule has 8 heteroatoms. The first-order valence-electron chi connectivity index (χ1n) is 6.41. The molecule has 23 heavy (non-hydrogen) atoms. The predicted molar refractivity (Wildman–Crippen MR) is 89.9 cm³/mol. The lowest BCUT2D eigenvalue weighted by Crippen LogP contribution is -2.32. The van der Waals surface area contributed by atoms with Crippen LogP contribution in [-0.2, 0) is 10.0 Å². The van der Waals surface area contributed by atoms with Crippen molar-refractivity contribution in [1.29, 1.82) is 0 Å². The Bertz CT molecular complexity index is 838. The summed E-state index contributed by atoms with van der Waals surface area (Å²) in [5, 5.41) is 0.222. The van der Waals surface area contributed by atoms with Crippen LogP contribution in [0.25, 0.3) is 0 Å². The molecule has 0 radical (unpaired) electrons. The second-order valence-corrected chi connectivity index (χ2v) is 7.49. The lowest BCUT2D eigenvalue weighted by Gasteiger charge is -2.18. The average Bonchev–Trinajstić information content (AvgIpc) is 2.51. The number of ether oxygens (including phenoxy) is 1. The van der Waals surface area contributed by atoms with Gasteiger partial charge in [-0.2, -0.15) is 0 Å². The second-order valence-electron chi connectivity index (χ2n) is 4.69. The van der Waals surface area contributed by atoms with Crippen molar-refractivity contribution in [1.82, 2.24) is 4.31 Å². The van der Waals surface area contributed by atoms with Crippen molar-refractivity contribution >= 4 is 39.1 Å². The van der Waals surface area contributed by atoms with E-state index in [0.717, 1.165) is 13.3 Å². The van der Waals surface area contributed by atoms with Crippen molar-refractivity contribution in [3.63, 3.8) is 0 Å². The summed E-state index contributed by atoms with van der Waals surface area (Å²) >= 11 is 12.1. The van der Waals surface area contributed by atoms with Gasteiger partial charge in [-0.25, -0.2) is 12.7 Å². The van der Waals surface area contributed by atoms with Crippen LogP contribution in [0.2, 0.25) is 10.0 Å². The third kappa shape index (κ3) is 3.96. The lowest BCUT2D eigenvalue weighted by molar-refractivity contribution is 0.0881. The molecular formula is C15H13Cl2NO4S. The molecule has 122 valence electrons. The number of nitrogens with zero attached hydrogens (tertiary/aromatic N) is 1. The van der Waals surface area contributed by atoms with Gasteiger partial charge >= 0.3 is 0 Å². The van der Waals surface area contributed by atoms with Crippen molar-refractivity contribution in [3.05, 3.63) is 58.1 Å². The van der Waals surface area contributed by atoms with E-state index in [1.165, 1.54) is 12.1 Å². The van der Waals surface area contributed by atoms with Gasteiger partial charge in [-0.15, -0.1) is 0 Å². The Hall–Kier alpha value is -1.76. The van der Waals surface area contributed by atoms with Gasteiger partial charge in [-0.3, -0.25) is 4.79 Å². The quantitative estimate of drug-likeness (QED) is 0.816. The van der Waals surface area contributed by atoms with E-state index in [9.17, 15) is 13.2 Å². The number of hydrogen-bond donors (Lipinski definition) is 0. The molecule has 2 aromatic rings. The molecule has 0 N–H and O–H groups in total. The maximum atomic E-state index is 12.4. The average molecular weight is 374 g/mol. The van der Waals surface area contributed by atoms with Crippen molar-refractivity contribution in [2.24, 2.45) is 0 Å². The second kappa shape index (κ2) is 6.78. The maximum absolute atomic E-state index is 12.4. The number of carbonyl (C=O) groups excluding carboxylic acids is 1. The van der Waals surface area contributed by atoms with Gasteiger partial charge in [0.15, 0.2) is 5.75 Å². The number of benzene rings is 2. The van der Waals surface area contributed by atoms with E-state index < -0.39 is 15.9 Å². The van der Waals surface area contributed by atoms with E-state index >= 15 is 0 Å². The molecule has 5 nitrogen and oxygen atoms in total. The predicted octanol–water partition coefficient (Wildman–Crippen LogP) is 3.82. The van der Waals surface area contributed by atoms with Gasteiger partial charge < -0.3 is 4.74 Å². The molecule has 0 saturated heterocycles. The highest BCUT2D eigenvalue weighted by molar-refractivity contribution is 7.88. The molecule has 0 aromatic heterocycles. The van der Waals surface area contributed by atoms with E-state index in [0.29, 0.717) is 10.1 Å². The van der Waals surface area contributed by atoms with Gasteiger partial charge in [0.25, 0.3) is 5.91 Å². The molecule has 0 atom stereocenters. The van der Waals surface area contributed by atoms with E-state index in [-0.39, 0.29) is 21.4 Å². The van der Waals surface area contributed by atoms with E-state index in [2.05, 4.69) is 0 Å². The largest absolute Gasteiger partial charge is 0.455 e. The van der Waals surface area contributed by atoms with Gasteiger partial charge in [0.05, 0.1) is 16.8 Å². The molecule has 1 amide bonds. The fraction of sp³-hybridized carbons (Fsp3) is 0.133. The lowest BCUT2D eigenvalue weighted by atomic mass is 10.2. The number of sulfonamides is 1. The molecule has 0 fully saturated rings. The van der Waals surface area contributed by atoms with Gasteiger partial charge in [0.1, 0.15) is 10.8 Å². The summed E-state index contributed by atoms with van der Waals surface area (Å²) in [4.78, 5) is 12.4. The van der Waals surface area contributed by atoms with Crippen molar-refractivity contribution in [2.75, 3.05) is 13.3 Å². The highest BCUT2D eigenvalue weighted by Gasteiger charge is 2.26. The number of amides is 1. The Labute approximate surface area is 144 Å². The zero-order chi connectivity index (χ0) is 17.2. The van der Waals surface area contributed by atoms with E-state index in [4.69, 9.17) is 27.9 Å². The topological polar surface area (TPSA) is 63.7 Å². The number of carbonyl (C=O) groups is 1. The molecule has 0 heterocycles. The summed E-state index contributed by atoms with van der Waals surface area (Å²) in [7, 11) is -2.55. The van der Waals surface area contributed by atoms with E-state index in [1.807, 2.05) is 0 Å². The first-order chi connectivity index (χ1) is 10.7. The van der Waals surface area contributed by atoms with Crippen LogP contribution < -0.4 is 4.74 Å². The van der Waals surface area contributed by atoms with Crippen LogP contribution >= 0.6 is 23.2 Å². The minimum Gasteiger partial charge on any atom is -0.455 e. The molecule has 0 saturated carbocycles. The third-order valence-corrected chi connectivity index (χ3v) is 4.97. The van der Waals surface area contributed by atoms with Crippen molar-refractivity contribution in [3.8, 4) is 11.5 Å². The first-order valence-corrected chi connectivity index (χ1v) is 9.01. The summed E-state index contributed by atoms with van der Waals surface area (Å²) in [6, 6.07) is 11.4. The van der Waals surface area contributed by atoms with Gasteiger partial charge in [-0.1, -0.05) is 41.4 Å². The van der Waals surface area contributed by atoms with Crippen LogP contribution in [0.1, 0.15) is 10.4 Å². The molecule has 0 spiro atoms. The van der Waals surface area contributed by atoms with Gasteiger partial charge in [0, 0.05) is 7.05 Å². The summed E-state index contributed by atoms with van der Waals surface area (Å²) in [6.07, 6.45) is 0.931. The standard InChI is InChI=1S/C15H13Cl2NO4S/c1-18(23(2,20)21)15(19)11-8-9-12(16)13(17)14(11)22-10-6-4-3-5-7-10/h3-9H,1-2H3. The summed E-state index contributed by atoms with van der Waals surface area (Å²) < 4.78 is 29.4. The summed E-state index contributed by atoms with van der Waals surface area (Å²) in [5.74, 6) is -0.324. The smallest absolute Gasteiger partial charge is 0.270 e. The molecule has 0 unspecified atom stereocenters. The monoisotopic (exact) mass is 373 g/mol. The number of para-hydroxylation sites is 1. The SMILES string of the molecule is CN(C(=O)c1ccc(Cl)c(Cl)c1Oc1ccccc1)S(C)(=O)=O. The summed E-state index contributed by atoms with van der Waals surface area (Å²) in [6.45, 7) is 0. The Morgan fingerprint density at radius 2 is 1.70 bits per heavy atom. The van der Waals surface area contributed by atoms with Crippen LogP contribution in [0, 0.1) is 0 Å². The fourth-order valence-electron chi connectivity index (χ4n) is 1.73. The molecule has 0 aliphatic rings. The molecule has 0 bridgehead atoms. The zero-order valence-corrected chi connectivity index (χ0v) is 14.6. The molecular weight excluding hydrogens is 361 g/mol. The fourth-order valence-corrected chi connectivity index (χ4v) is 2.48. The number of hydrogen-bond acceptors (Lipinski definition) is 4. The molecule has 2 aromatic carbocycles. The highest BCUT2D eigenvalue weighted by Crippen LogP contribution is 2.38. The number of rotatable bonds is 4. The molecule has 0 aliphatic heterocycles. The van der Waals surface area contributed by atoms with E-state index in [1.54, 1.807) is 30.3 Å². The van der Waals surface area contributed by atoms with Crippen LogP contribution in [-0.4, -0.2) is 31.9 Å². The minimum atomic E-state index is -3.71. The van der Waals surface area contributed by atoms with Crippen LogP contribution in [0.4, 0.5) is 0 Å². The minimum absolute atomic E-state index is 0.00354. The Kier molecular flexibility index (Phi) is 5.19. The molecule has 2 rings (SSSR count). The van der Waals surface area contributed by atoms with Gasteiger partial charge in [0.2, 0.25) is 10.0 Å². The Morgan fingerprint density at radius 3 is 2.26 bits per heavy atom. The van der Waals surface area contributed by atoms with Crippen molar-refractivity contribution < 1.29 is 17.9 Å². The van der Waals surface area contributed by atoms with Crippen LogP contribution in [0.5, 0.6) is 11.5 Å². The Morgan fingerprint density at radius 1 is 1.09 bits per heavy atom. The maximum Gasteiger partial charge on any atom is 0.270 e. The summed E-state index contributed by atoms with van der Waals surface area (Å²) in [5.41, 5.74) is -0.00354. The third-order valence-electron chi connectivity index (χ3n) is 3.03. The normalized spacial score (nSPS) is 11.1. The Balaban J connectivity index is 2.52. The number of halogens is 2. The van der Waals surface area contributed by atoms with Crippen molar-refractivity contribution in [2.45, 2.75) is 0 Å². The highest BCUT2D eigenvalue weighted by atomic mass is 35.5.